The van der Waals surface area contributed by atoms with Crippen molar-refractivity contribution in [3.05, 3.63) is 59.8 Å². The number of anilines is 2. The number of benzene rings is 2. The summed E-state index contributed by atoms with van der Waals surface area (Å²) in [5.74, 6) is 0.00155. The Morgan fingerprint density at radius 3 is 2.47 bits per heavy atom. The number of aromatic nitrogens is 1. The number of fused-ring (bicyclic) bond motifs is 1. The van der Waals surface area contributed by atoms with E-state index in [1.165, 1.54) is 12.1 Å². The van der Waals surface area contributed by atoms with Crippen LogP contribution >= 0.6 is 0 Å². The van der Waals surface area contributed by atoms with Crippen LogP contribution in [0.2, 0.25) is 0 Å². The molecule has 0 spiro atoms. The van der Waals surface area contributed by atoms with Crippen LogP contribution in [0.15, 0.2) is 48.7 Å². The molecule has 0 saturated carbocycles. The molecule has 30 heavy (non-hydrogen) atoms. The number of nitrogens with zero attached hydrogens (tertiary/aromatic N) is 1. The molecule has 5 nitrogen and oxygen atoms in total. The Morgan fingerprint density at radius 2 is 1.83 bits per heavy atom. The third-order valence-corrected chi connectivity index (χ3v) is 4.29. The molecule has 0 aliphatic rings. The zero-order chi connectivity index (χ0) is 21.7. The summed E-state index contributed by atoms with van der Waals surface area (Å²) in [5.41, 5.74) is -0.290. The molecule has 0 aliphatic carbocycles. The van der Waals surface area contributed by atoms with Crippen LogP contribution in [0.3, 0.4) is 0 Å². The van der Waals surface area contributed by atoms with Crippen molar-refractivity contribution in [2.24, 2.45) is 0 Å². The fraction of sp³-hybridized carbons (Fsp3) is 0.273. The Morgan fingerprint density at radius 1 is 1.10 bits per heavy atom. The second-order valence-electron chi connectivity index (χ2n) is 6.46. The molecule has 0 atom stereocenters. The van der Waals surface area contributed by atoms with E-state index in [1.807, 2.05) is 6.92 Å². The largest absolute Gasteiger partial charge is 0.494 e. The van der Waals surface area contributed by atoms with Crippen LogP contribution in [0.5, 0.6) is 5.75 Å². The van der Waals surface area contributed by atoms with E-state index in [-0.39, 0.29) is 28.8 Å². The summed E-state index contributed by atoms with van der Waals surface area (Å²) >= 11 is 0. The maximum Gasteiger partial charge on any atom is 0.418 e. The summed E-state index contributed by atoms with van der Waals surface area (Å²) in [6, 6.07) is 10.7. The third-order valence-electron chi connectivity index (χ3n) is 4.29. The summed E-state index contributed by atoms with van der Waals surface area (Å²) < 4.78 is 50.9. The number of nitrogens with one attached hydrogen (secondary N) is 1. The Balaban J connectivity index is 2.09. The summed E-state index contributed by atoms with van der Waals surface area (Å²) in [7, 11) is 0. The molecule has 3 rings (SSSR count). The molecular weight excluding hydrogens is 397 g/mol. The molecular formula is C22H21F3N2O3. The van der Waals surface area contributed by atoms with Gasteiger partial charge in [0.2, 0.25) is 0 Å². The molecule has 2 aromatic carbocycles. The molecule has 0 unspecified atom stereocenters. The first-order chi connectivity index (χ1) is 14.3. The lowest BCUT2D eigenvalue weighted by molar-refractivity contribution is -0.136. The Labute approximate surface area is 171 Å². The fourth-order valence-electron chi connectivity index (χ4n) is 2.95. The number of alkyl halides is 3. The average molecular weight is 418 g/mol. The van der Waals surface area contributed by atoms with Gasteiger partial charge in [0.05, 0.1) is 30.0 Å². The van der Waals surface area contributed by atoms with E-state index in [0.29, 0.717) is 18.0 Å². The van der Waals surface area contributed by atoms with Gasteiger partial charge in [-0.05, 0) is 43.7 Å². The number of hydrogen-bond donors (Lipinski definition) is 1. The topological polar surface area (TPSA) is 60.5 Å². The molecule has 158 valence electrons. The van der Waals surface area contributed by atoms with Crippen LogP contribution in [-0.4, -0.2) is 24.2 Å². The van der Waals surface area contributed by atoms with E-state index >= 15 is 0 Å². The number of ether oxygens (including phenoxy) is 2. The van der Waals surface area contributed by atoms with Crippen LogP contribution in [0, 0.1) is 0 Å². The number of rotatable bonds is 7. The number of pyridine rings is 1. The number of esters is 1. The van der Waals surface area contributed by atoms with E-state index in [0.717, 1.165) is 18.7 Å². The van der Waals surface area contributed by atoms with Crippen molar-refractivity contribution < 1.29 is 27.4 Å². The molecule has 1 heterocycles. The highest BCUT2D eigenvalue weighted by Crippen LogP contribution is 2.38. The second-order valence-corrected chi connectivity index (χ2v) is 6.46. The highest BCUT2D eigenvalue weighted by molar-refractivity contribution is 6.06. The number of halogens is 3. The van der Waals surface area contributed by atoms with Crippen molar-refractivity contribution >= 4 is 28.2 Å². The SMILES string of the molecule is CCCOc1ccc(Nc2c(C(=O)OCC)cnc3c(C(F)(F)F)cccc23)cc1. The van der Waals surface area contributed by atoms with E-state index in [2.05, 4.69) is 10.3 Å². The van der Waals surface area contributed by atoms with Gasteiger partial charge in [-0.25, -0.2) is 4.79 Å². The Bertz CT molecular complexity index is 1030. The van der Waals surface area contributed by atoms with Crippen LogP contribution in [0.25, 0.3) is 10.9 Å². The van der Waals surface area contributed by atoms with Crippen LogP contribution in [-0.2, 0) is 10.9 Å². The highest BCUT2D eigenvalue weighted by Gasteiger charge is 2.34. The van der Waals surface area contributed by atoms with Gasteiger partial charge < -0.3 is 14.8 Å². The number of hydrogen-bond acceptors (Lipinski definition) is 5. The van der Waals surface area contributed by atoms with Crippen molar-refractivity contribution in [3.8, 4) is 5.75 Å². The van der Waals surface area contributed by atoms with Crippen LogP contribution in [0.1, 0.15) is 36.2 Å². The van der Waals surface area contributed by atoms with Gasteiger partial charge in [0.1, 0.15) is 11.3 Å². The lowest BCUT2D eigenvalue weighted by Crippen LogP contribution is -2.11. The molecule has 0 bridgehead atoms. The molecule has 0 saturated heterocycles. The first kappa shape index (κ1) is 21.4. The minimum absolute atomic E-state index is 0.0509. The minimum atomic E-state index is -4.58. The van der Waals surface area contributed by atoms with Gasteiger partial charge in [0.25, 0.3) is 0 Å². The third kappa shape index (κ3) is 4.64. The summed E-state index contributed by atoms with van der Waals surface area (Å²) in [4.78, 5) is 16.3. The maximum absolute atomic E-state index is 13.4. The highest BCUT2D eigenvalue weighted by atomic mass is 19.4. The monoisotopic (exact) mass is 418 g/mol. The zero-order valence-corrected chi connectivity index (χ0v) is 16.5. The first-order valence-corrected chi connectivity index (χ1v) is 9.51. The van der Waals surface area contributed by atoms with Gasteiger partial charge in [-0.1, -0.05) is 19.1 Å². The van der Waals surface area contributed by atoms with Gasteiger partial charge in [-0.15, -0.1) is 0 Å². The normalized spacial score (nSPS) is 11.4. The predicted octanol–water partition coefficient (Wildman–Crippen LogP) is 5.96. The number of carbonyl (C=O) groups excluding carboxylic acids is 1. The lowest BCUT2D eigenvalue weighted by atomic mass is 10.0. The van der Waals surface area contributed by atoms with Crippen molar-refractivity contribution in [2.45, 2.75) is 26.4 Å². The molecule has 1 aromatic heterocycles. The first-order valence-electron chi connectivity index (χ1n) is 9.51. The average Bonchev–Trinajstić information content (AvgIpc) is 2.72. The quantitative estimate of drug-likeness (QED) is 0.480. The van der Waals surface area contributed by atoms with Crippen molar-refractivity contribution in [2.75, 3.05) is 18.5 Å². The van der Waals surface area contributed by atoms with Crippen molar-refractivity contribution in [1.29, 1.82) is 0 Å². The number of carbonyl (C=O) groups is 1. The zero-order valence-electron chi connectivity index (χ0n) is 16.5. The summed E-state index contributed by atoms with van der Waals surface area (Å²) in [6.07, 6.45) is -2.60. The molecule has 1 N–H and O–H groups in total. The molecule has 0 radical (unpaired) electrons. The van der Waals surface area contributed by atoms with Crippen molar-refractivity contribution in [3.63, 3.8) is 0 Å². The van der Waals surface area contributed by atoms with E-state index < -0.39 is 17.7 Å². The van der Waals surface area contributed by atoms with Gasteiger partial charge in [0.15, 0.2) is 0 Å². The lowest BCUT2D eigenvalue weighted by Gasteiger charge is -2.17. The van der Waals surface area contributed by atoms with Crippen LogP contribution < -0.4 is 10.1 Å². The second kappa shape index (κ2) is 9.02. The Kier molecular flexibility index (Phi) is 6.44. The molecule has 0 aliphatic heterocycles. The molecule has 0 amide bonds. The molecule has 3 aromatic rings. The minimum Gasteiger partial charge on any atom is -0.494 e. The summed E-state index contributed by atoms with van der Waals surface area (Å²) in [6.45, 7) is 4.35. The van der Waals surface area contributed by atoms with Gasteiger partial charge in [-0.3, -0.25) is 4.98 Å². The number of para-hydroxylation sites is 1. The fourth-order valence-corrected chi connectivity index (χ4v) is 2.95. The van der Waals surface area contributed by atoms with E-state index in [9.17, 15) is 18.0 Å². The van der Waals surface area contributed by atoms with Gasteiger partial charge in [-0.2, -0.15) is 13.2 Å². The standard InChI is InChI=1S/C22H21F3N2O3/c1-3-12-30-15-10-8-14(9-11-15)27-19-16-6-5-7-18(22(23,24)25)20(16)26-13-17(19)21(28)29-4-2/h5-11,13H,3-4,12H2,1-2H3,(H,26,27). The van der Waals surface area contributed by atoms with Gasteiger partial charge in [0, 0.05) is 17.3 Å². The molecule has 8 heteroatoms. The summed E-state index contributed by atoms with van der Waals surface area (Å²) in [5, 5.41) is 3.22. The van der Waals surface area contributed by atoms with Crippen LogP contribution in [0.4, 0.5) is 24.5 Å². The van der Waals surface area contributed by atoms with Crippen molar-refractivity contribution in [1.82, 2.24) is 4.98 Å². The van der Waals surface area contributed by atoms with E-state index in [1.54, 1.807) is 31.2 Å². The maximum atomic E-state index is 13.4. The smallest absolute Gasteiger partial charge is 0.418 e. The molecule has 0 fully saturated rings. The van der Waals surface area contributed by atoms with E-state index in [4.69, 9.17) is 9.47 Å². The Hall–Kier alpha value is -3.29. The predicted molar refractivity (Wildman–Crippen MR) is 108 cm³/mol. The van der Waals surface area contributed by atoms with Gasteiger partial charge >= 0.3 is 12.1 Å².